The van der Waals surface area contributed by atoms with Crippen molar-refractivity contribution in [1.29, 1.82) is 0 Å². The minimum atomic E-state index is -0.343. The van der Waals surface area contributed by atoms with Gasteiger partial charge < -0.3 is 9.30 Å². The minimum absolute atomic E-state index is 0.343. The standard InChI is InChI=1S/C13H21N3O2/c1-3-18-13(17)12-9-15(10-14-12)8-11(2)16-6-4-5-7-16/h9-11H,3-8H2,1-2H3. The van der Waals surface area contributed by atoms with Gasteiger partial charge in [-0.05, 0) is 39.8 Å². The predicted molar refractivity (Wildman–Crippen MR) is 68.5 cm³/mol. The third kappa shape index (κ3) is 3.10. The first-order valence-electron chi connectivity index (χ1n) is 6.63. The molecule has 1 aromatic rings. The number of hydrogen-bond acceptors (Lipinski definition) is 4. The van der Waals surface area contributed by atoms with Crippen LogP contribution in [0.2, 0.25) is 0 Å². The molecule has 0 N–H and O–H groups in total. The van der Waals surface area contributed by atoms with Gasteiger partial charge in [-0.3, -0.25) is 4.90 Å². The van der Waals surface area contributed by atoms with Crippen LogP contribution in [0.15, 0.2) is 12.5 Å². The van der Waals surface area contributed by atoms with E-state index in [2.05, 4.69) is 16.8 Å². The number of imidazole rings is 1. The summed E-state index contributed by atoms with van der Waals surface area (Å²) in [6.45, 7) is 7.63. The number of likely N-dealkylation sites (tertiary alicyclic amines) is 1. The Morgan fingerprint density at radius 2 is 2.22 bits per heavy atom. The third-order valence-corrected chi connectivity index (χ3v) is 3.36. The molecule has 0 spiro atoms. The lowest BCUT2D eigenvalue weighted by molar-refractivity contribution is 0.0520. The highest BCUT2D eigenvalue weighted by atomic mass is 16.5. The van der Waals surface area contributed by atoms with Crippen LogP contribution in [0, 0.1) is 0 Å². The Labute approximate surface area is 108 Å². The van der Waals surface area contributed by atoms with Gasteiger partial charge in [-0.25, -0.2) is 9.78 Å². The lowest BCUT2D eigenvalue weighted by atomic mass is 10.3. The van der Waals surface area contributed by atoms with Gasteiger partial charge in [0.1, 0.15) is 0 Å². The molecule has 1 unspecified atom stereocenters. The van der Waals surface area contributed by atoms with Crippen molar-refractivity contribution in [2.45, 2.75) is 39.3 Å². The zero-order chi connectivity index (χ0) is 13.0. The molecule has 0 radical (unpaired) electrons. The predicted octanol–water partition coefficient (Wildman–Crippen LogP) is 1.54. The largest absolute Gasteiger partial charge is 0.461 e. The van der Waals surface area contributed by atoms with Gasteiger partial charge in [0, 0.05) is 18.8 Å². The van der Waals surface area contributed by atoms with Gasteiger partial charge in [0.15, 0.2) is 5.69 Å². The molecule has 1 saturated heterocycles. The van der Waals surface area contributed by atoms with Crippen LogP contribution in [0.3, 0.4) is 0 Å². The summed E-state index contributed by atoms with van der Waals surface area (Å²) in [5, 5.41) is 0. The van der Waals surface area contributed by atoms with Crippen LogP contribution < -0.4 is 0 Å². The van der Waals surface area contributed by atoms with E-state index in [4.69, 9.17) is 4.74 Å². The Balaban J connectivity index is 1.91. The molecule has 5 nitrogen and oxygen atoms in total. The molecule has 1 aliphatic rings. The van der Waals surface area contributed by atoms with Crippen LogP contribution in [0.4, 0.5) is 0 Å². The molecule has 0 bridgehead atoms. The molecule has 2 rings (SSSR count). The van der Waals surface area contributed by atoms with Gasteiger partial charge in [0.25, 0.3) is 0 Å². The molecule has 0 saturated carbocycles. The highest BCUT2D eigenvalue weighted by Crippen LogP contribution is 2.13. The maximum absolute atomic E-state index is 11.5. The normalized spacial score (nSPS) is 17.9. The quantitative estimate of drug-likeness (QED) is 0.745. The van der Waals surface area contributed by atoms with Gasteiger partial charge in [0.05, 0.1) is 12.9 Å². The van der Waals surface area contributed by atoms with Gasteiger partial charge in [-0.15, -0.1) is 0 Å². The minimum Gasteiger partial charge on any atom is -0.461 e. The Bertz CT molecular complexity index is 397. The van der Waals surface area contributed by atoms with E-state index in [1.807, 2.05) is 4.57 Å². The lowest BCUT2D eigenvalue weighted by Gasteiger charge is -2.23. The third-order valence-electron chi connectivity index (χ3n) is 3.36. The summed E-state index contributed by atoms with van der Waals surface area (Å²) in [6.07, 6.45) is 6.06. The highest BCUT2D eigenvalue weighted by Gasteiger charge is 2.19. The molecule has 1 atom stereocenters. The van der Waals surface area contributed by atoms with E-state index < -0.39 is 0 Å². The summed E-state index contributed by atoms with van der Waals surface area (Å²) in [5.41, 5.74) is 0.394. The summed E-state index contributed by atoms with van der Waals surface area (Å²) in [4.78, 5) is 18.1. The SMILES string of the molecule is CCOC(=O)c1cn(CC(C)N2CCCC2)cn1. The van der Waals surface area contributed by atoms with Gasteiger partial charge >= 0.3 is 5.97 Å². The second-order valence-electron chi connectivity index (χ2n) is 4.77. The number of rotatable bonds is 5. The van der Waals surface area contributed by atoms with Crippen molar-refractivity contribution in [2.24, 2.45) is 0 Å². The van der Waals surface area contributed by atoms with E-state index in [0.29, 0.717) is 18.3 Å². The number of carbonyl (C=O) groups excluding carboxylic acids is 1. The Morgan fingerprint density at radius 1 is 1.50 bits per heavy atom. The van der Waals surface area contributed by atoms with Crippen molar-refractivity contribution < 1.29 is 9.53 Å². The topological polar surface area (TPSA) is 47.4 Å². The molecule has 0 amide bonds. The van der Waals surface area contributed by atoms with Crippen LogP contribution >= 0.6 is 0 Å². The molecular formula is C13H21N3O2. The fourth-order valence-electron chi connectivity index (χ4n) is 2.37. The summed E-state index contributed by atoms with van der Waals surface area (Å²) in [5.74, 6) is -0.343. The lowest BCUT2D eigenvalue weighted by Crippen LogP contribution is -2.33. The van der Waals surface area contributed by atoms with Gasteiger partial charge in [0.2, 0.25) is 0 Å². The molecule has 0 aliphatic carbocycles. The van der Waals surface area contributed by atoms with Crippen LogP contribution in [0.5, 0.6) is 0 Å². The molecule has 0 aromatic carbocycles. The van der Waals surface area contributed by atoms with Crippen LogP contribution in [-0.4, -0.2) is 46.2 Å². The summed E-state index contributed by atoms with van der Waals surface area (Å²) >= 11 is 0. The Kier molecular flexibility index (Phi) is 4.36. The van der Waals surface area contributed by atoms with E-state index in [0.717, 1.165) is 6.54 Å². The van der Waals surface area contributed by atoms with Crippen molar-refractivity contribution in [3.05, 3.63) is 18.2 Å². The van der Waals surface area contributed by atoms with Crippen LogP contribution in [0.1, 0.15) is 37.2 Å². The van der Waals surface area contributed by atoms with Gasteiger partial charge in [-0.1, -0.05) is 0 Å². The first-order chi connectivity index (χ1) is 8.70. The van der Waals surface area contributed by atoms with E-state index in [1.54, 1.807) is 19.4 Å². The van der Waals surface area contributed by atoms with E-state index in [1.165, 1.54) is 25.9 Å². The van der Waals surface area contributed by atoms with Crippen LogP contribution in [-0.2, 0) is 11.3 Å². The fourth-order valence-corrected chi connectivity index (χ4v) is 2.37. The average Bonchev–Trinajstić information content (AvgIpc) is 2.99. The van der Waals surface area contributed by atoms with E-state index in [9.17, 15) is 4.79 Å². The molecular weight excluding hydrogens is 230 g/mol. The van der Waals surface area contributed by atoms with Crippen LogP contribution in [0.25, 0.3) is 0 Å². The summed E-state index contributed by atoms with van der Waals surface area (Å²) in [7, 11) is 0. The zero-order valence-electron chi connectivity index (χ0n) is 11.1. The molecule has 1 aliphatic heterocycles. The first kappa shape index (κ1) is 13.1. The average molecular weight is 251 g/mol. The maximum atomic E-state index is 11.5. The molecule has 5 heteroatoms. The van der Waals surface area contributed by atoms with E-state index in [-0.39, 0.29) is 5.97 Å². The second-order valence-corrected chi connectivity index (χ2v) is 4.77. The van der Waals surface area contributed by atoms with Crippen molar-refractivity contribution in [2.75, 3.05) is 19.7 Å². The smallest absolute Gasteiger partial charge is 0.358 e. The second kappa shape index (κ2) is 6.00. The molecule has 2 heterocycles. The van der Waals surface area contributed by atoms with Crippen molar-refractivity contribution >= 4 is 5.97 Å². The van der Waals surface area contributed by atoms with Crippen molar-refractivity contribution in [1.82, 2.24) is 14.5 Å². The number of nitrogens with zero attached hydrogens (tertiary/aromatic N) is 3. The summed E-state index contributed by atoms with van der Waals surface area (Å²) in [6, 6.07) is 0.483. The number of carbonyl (C=O) groups is 1. The molecule has 18 heavy (non-hydrogen) atoms. The molecule has 1 aromatic heterocycles. The van der Waals surface area contributed by atoms with Crippen molar-refractivity contribution in [3.8, 4) is 0 Å². The number of aromatic nitrogens is 2. The monoisotopic (exact) mass is 251 g/mol. The number of ether oxygens (including phenoxy) is 1. The molecule has 1 fully saturated rings. The number of esters is 1. The van der Waals surface area contributed by atoms with Crippen molar-refractivity contribution in [3.63, 3.8) is 0 Å². The Hall–Kier alpha value is -1.36. The van der Waals surface area contributed by atoms with E-state index >= 15 is 0 Å². The molecule has 100 valence electrons. The Morgan fingerprint density at radius 3 is 2.89 bits per heavy atom. The summed E-state index contributed by atoms with van der Waals surface area (Å²) < 4.78 is 6.89. The fraction of sp³-hybridized carbons (Fsp3) is 0.692. The maximum Gasteiger partial charge on any atom is 0.358 e. The zero-order valence-corrected chi connectivity index (χ0v) is 11.1. The first-order valence-corrected chi connectivity index (χ1v) is 6.63. The van der Waals surface area contributed by atoms with Gasteiger partial charge in [-0.2, -0.15) is 0 Å². The number of hydrogen-bond donors (Lipinski definition) is 0. The highest BCUT2D eigenvalue weighted by molar-refractivity contribution is 5.86.